The summed E-state index contributed by atoms with van der Waals surface area (Å²) in [6, 6.07) is 1.82. The first kappa shape index (κ1) is 34.5. The average Bonchev–Trinajstić information content (AvgIpc) is 2.91. The Morgan fingerprint density at radius 1 is 0.825 bits per heavy atom. The van der Waals surface area contributed by atoms with Gasteiger partial charge in [-0.05, 0) is 39.0 Å². The molecule has 224 valence electrons. The van der Waals surface area contributed by atoms with Crippen LogP contribution in [0.3, 0.4) is 0 Å². The fraction of sp³-hybridized carbons (Fsp3) is 0.679. The minimum absolute atomic E-state index is 0.0749. The summed E-state index contributed by atoms with van der Waals surface area (Å²) >= 11 is 0. The molecule has 0 aliphatic rings. The van der Waals surface area contributed by atoms with Crippen molar-refractivity contribution in [3.05, 3.63) is 44.0 Å². The fourth-order valence-corrected chi connectivity index (χ4v) is 4.41. The second-order valence-corrected chi connectivity index (χ2v) is 10.3. The molecule has 0 heterocycles. The smallest absolute Gasteiger partial charge is 0.277 e. The Hall–Kier alpha value is -3.57. The molecule has 0 spiro atoms. The van der Waals surface area contributed by atoms with Crippen LogP contribution >= 0.6 is 0 Å². The van der Waals surface area contributed by atoms with Gasteiger partial charge in [-0.25, -0.2) is 0 Å². The summed E-state index contributed by atoms with van der Waals surface area (Å²) in [5.41, 5.74) is -1.40. The molecule has 40 heavy (non-hydrogen) atoms. The van der Waals surface area contributed by atoms with Crippen molar-refractivity contribution in [1.29, 1.82) is 0 Å². The molecule has 0 bridgehead atoms. The molecule has 1 atom stereocenters. The van der Waals surface area contributed by atoms with Crippen LogP contribution in [0.15, 0.2) is 18.2 Å². The number of carbonyl (C=O) groups excluding carboxylic acids is 3. The maximum atomic E-state index is 12.8. The quantitative estimate of drug-likeness (QED) is 0.126. The zero-order valence-electron chi connectivity index (χ0n) is 24.3. The minimum atomic E-state index is -0.876. The van der Waals surface area contributed by atoms with E-state index in [0.29, 0.717) is 19.4 Å². The van der Waals surface area contributed by atoms with Crippen LogP contribution in [0, 0.1) is 26.1 Å². The van der Waals surface area contributed by atoms with Crippen molar-refractivity contribution in [2.45, 2.75) is 97.9 Å². The molecule has 0 fully saturated rings. The van der Waals surface area contributed by atoms with Crippen molar-refractivity contribution < 1.29 is 24.2 Å². The molecule has 1 aromatic carbocycles. The first-order valence-electron chi connectivity index (χ1n) is 14.3. The number of rotatable bonds is 20. The van der Waals surface area contributed by atoms with Gasteiger partial charge in [-0.3, -0.25) is 34.6 Å². The van der Waals surface area contributed by atoms with Crippen molar-refractivity contribution >= 4 is 29.1 Å². The van der Waals surface area contributed by atoms with Gasteiger partial charge in [-0.2, -0.15) is 0 Å². The fourth-order valence-electron chi connectivity index (χ4n) is 4.41. The Kier molecular flexibility index (Phi) is 16.1. The minimum Gasteiger partial charge on any atom is -0.354 e. The van der Waals surface area contributed by atoms with E-state index in [1.54, 1.807) is 0 Å². The maximum absolute atomic E-state index is 12.8. The van der Waals surface area contributed by atoms with E-state index < -0.39 is 33.2 Å². The van der Waals surface area contributed by atoms with Gasteiger partial charge in [-0.15, -0.1) is 0 Å². The Morgan fingerprint density at radius 2 is 1.32 bits per heavy atom. The third-order valence-electron chi connectivity index (χ3n) is 6.65. The normalized spacial score (nSPS) is 11.6. The van der Waals surface area contributed by atoms with Crippen LogP contribution in [-0.2, 0) is 9.59 Å². The summed E-state index contributed by atoms with van der Waals surface area (Å²) < 4.78 is 0. The van der Waals surface area contributed by atoms with Gasteiger partial charge in [0.2, 0.25) is 11.8 Å². The molecule has 0 saturated heterocycles. The van der Waals surface area contributed by atoms with Gasteiger partial charge in [0.15, 0.2) is 0 Å². The Morgan fingerprint density at radius 3 is 1.80 bits per heavy atom. The predicted octanol–water partition coefficient (Wildman–Crippen LogP) is 5.14. The number of nitro groups is 2. The van der Waals surface area contributed by atoms with Crippen molar-refractivity contribution in [1.82, 2.24) is 15.5 Å². The van der Waals surface area contributed by atoms with Gasteiger partial charge in [0.1, 0.15) is 6.04 Å². The van der Waals surface area contributed by atoms with E-state index in [2.05, 4.69) is 10.6 Å². The third-order valence-corrected chi connectivity index (χ3v) is 6.65. The summed E-state index contributed by atoms with van der Waals surface area (Å²) in [5, 5.41) is 27.7. The van der Waals surface area contributed by atoms with E-state index in [4.69, 9.17) is 0 Å². The highest BCUT2D eigenvalue weighted by molar-refractivity contribution is 5.98. The SMILES string of the molecule is CCN(CC)C(=O)CCCCCCCCCCNC(=O)[C@H](CC(C)C)NC(=O)c1cc([N+](=O)[O-])cc([N+](=O)[O-])c1. The second-order valence-electron chi connectivity index (χ2n) is 10.3. The predicted molar refractivity (Wildman–Crippen MR) is 153 cm³/mol. The molecule has 12 nitrogen and oxygen atoms in total. The van der Waals surface area contributed by atoms with Crippen molar-refractivity contribution in [3.8, 4) is 0 Å². The number of amides is 3. The number of nitro benzene ring substituents is 2. The number of hydrogen-bond donors (Lipinski definition) is 2. The van der Waals surface area contributed by atoms with E-state index in [1.807, 2.05) is 32.6 Å². The van der Waals surface area contributed by atoms with E-state index in [0.717, 1.165) is 82.7 Å². The molecule has 0 saturated carbocycles. The van der Waals surface area contributed by atoms with Crippen LogP contribution in [0.2, 0.25) is 0 Å². The lowest BCUT2D eigenvalue weighted by Gasteiger charge is -2.20. The molecular formula is C28H45N5O7. The number of carbonyl (C=O) groups is 3. The van der Waals surface area contributed by atoms with Crippen LogP contribution in [0.1, 0.15) is 102 Å². The first-order valence-corrected chi connectivity index (χ1v) is 14.3. The lowest BCUT2D eigenvalue weighted by atomic mass is 10.0. The topological polar surface area (TPSA) is 165 Å². The number of nitrogens with one attached hydrogen (secondary N) is 2. The van der Waals surface area contributed by atoms with Crippen LogP contribution in [-0.4, -0.2) is 58.1 Å². The van der Waals surface area contributed by atoms with E-state index in [9.17, 15) is 34.6 Å². The summed E-state index contributed by atoms with van der Waals surface area (Å²) in [6.45, 7) is 9.76. The molecular weight excluding hydrogens is 518 g/mol. The first-order chi connectivity index (χ1) is 19.0. The summed E-state index contributed by atoms with van der Waals surface area (Å²) in [7, 11) is 0. The largest absolute Gasteiger partial charge is 0.354 e. The number of nitrogens with zero attached hydrogens (tertiary/aromatic N) is 3. The zero-order valence-corrected chi connectivity index (χ0v) is 24.3. The van der Waals surface area contributed by atoms with Gasteiger partial charge >= 0.3 is 0 Å². The number of unbranched alkanes of at least 4 members (excludes halogenated alkanes) is 7. The molecule has 12 heteroatoms. The van der Waals surface area contributed by atoms with Gasteiger partial charge in [0, 0.05) is 38.2 Å². The second kappa shape index (κ2) is 18.7. The van der Waals surface area contributed by atoms with Gasteiger partial charge in [-0.1, -0.05) is 52.4 Å². The number of non-ortho nitro benzene ring substituents is 2. The van der Waals surface area contributed by atoms with Gasteiger partial charge < -0.3 is 15.5 Å². The average molecular weight is 564 g/mol. The van der Waals surface area contributed by atoms with Crippen LogP contribution < -0.4 is 10.6 Å². The number of benzene rings is 1. The molecule has 2 N–H and O–H groups in total. The highest BCUT2D eigenvalue weighted by atomic mass is 16.6. The molecule has 0 radical (unpaired) electrons. The summed E-state index contributed by atoms with van der Waals surface area (Å²) in [4.78, 5) is 60.1. The highest BCUT2D eigenvalue weighted by Crippen LogP contribution is 2.23. The molecule has 0 aliphatic heterocycles. The highest BCUT2D eigenvalue weighted by Gasteiger charge is 2.25. The molecule has 0 unspecified atom stereocenters. The van der Waals surface area contributed by atoms with Gasteiger partial charge in [0.25, 0.3) is 17.3 Å². The van der Waals surface area contributed by atoms with Gasteiger partial charge in [0.05, 0.1) is 21.5 Å². The lowest BCUT2D eigenvalue weighted by molar-refractivity contribution is -0.394. The molecule has 0 aromatic heterocycles. The van der Waals surface area contributed by atoms with E-state index in [1.165, 1.54) is 0 Å². The van der Waals surface area contributed by atoms with Crippen LogP contribution in [0.25, 0.3) is 0 Å². The Labute approximate surface area is 236 Å². The molecule has 1 rings (SSSR count). The molecule has 0 aliphatic carbocycles. The van der Waals surface area contributed by atoms with Crippen molar-refractivity contribution in [2.24, 2.45) is 5.92 Å². The standard InChI is InChI=1S/C28H45N5O7/c1-5-31(6-2)26(34)15-13-11-9-7-8-10-12-14-16-29-28(36)25(17-21(3)4)30-27(35)22-18-23(32(37)38)20-24(19-22)33(39)40/h18-21,25H,5-17H2,1-4H3,(H,29,36)(H,30,35)/t25-/m0/s1. The Bertz CT molecular complexity index is 963. The zero-order chi connectivity index (χ0) is 30.1. The maximum Gasteiger partial charge on any atom is 0.277 e. The monoisotopic (exact) mass is 563 g/mol. The molecule has 1 aromatic rings. The number of hydrogen-bond acceptors (Lipinski definition) is 7. The van der Waals surface area contributed by atoms with Crippen LogP contribution in [0.5, 0.6) is 0 Å². The summed E-state index contributed by atoms with van der Waals surface area (Å²) in [5.74, 6) is -0.840. The van der Waals surface area contributed by atoms with E-state index in [-0.39, 0.29) is 23.3 Å². The summed E-state index contributed by atoms with van der Waals surface area (Å²) in [6.07, 6.45) is 9.05. The Balaban J connectivity index is 2.42. The molecule has 3 amide bonds. The third kappa shape index (κ3) is 13.0. The lowest BCUT2D eigenvalue weighted by Crippen LogP contribution is -2.47. The van der Waals surface area contributed by atoms with E-state index >= 15 is 0 Å². The van der Waals surface area contributed by atoms with Crippen LogP contribution in [0.4, 0.5) is 11.4 Å². The van der Waals surface area contributed by atoms with Crippen molar-refractivity contribution in [3.63, 3.8) is 0 Å². The van der Waals surface area contributed by atoms with Crippen molar-refractivity contribution in [2.75, 3.05) is 19.6 Å².